The van der Waals surface area contributed by atoms with Gasteiger partial charge in [-0.05, 0) is 70.6 Å². The van der Waals surface area contributed by atoms with Gasteiger partial charge >= 0.3 is 19.8 Å². The minimum atomic E-state index is -4.40. The number of hydrogen-bond acceptors (Lipinski definition) is 9. The lowest BCUT2D eigenvalue weighted by Crippen LogP contribution is -2.29. The molecule has 1 fully saturated rings. The zero-order valence-electron chi connectivity index (χ0n) is 33.9. The molecule has 3 unspecified atom stereocenters. The molecule has 1 aliphatic rings. The van der Waals surface area contributed by atoms with Crippen molar-refractivity contribution in [3.8, 4) is 0 Å². The summed E-state index contributed by atoms with van der Waals surface area (Å²) >= 11 is 0. The third-order valence-electron chi connectivity index (χ3n) is 9.11. The van der Waals surface area contributed by atoms with Crippen LogP contribution in [-0.4, -0.2) is 61.5 Å². The third kappa shape index (κ3) is 32.2. The van der Waals surface area contributed by atoms with Gasteiger partial charge in [-0.25, -0.2) is 4.57 Å². The summed E-state index contributed by atoms with van der Waals surface area (Å²) in [6.07, 6.45) is 41.7. The fourth-order valence-electron chi connectivity index (χ4n) is 5.83. The number of epoxide rings is 1. The summed E-state index contributed by atoms with van der Waals surface area (Å²) in [5.74, 6) is -0.916. The highest BCUT2D eigenvalue weighted by atomic mass is 31.2. The van der Waals surface area contributed by atoms with E-state index in [2.05, 4.69) is 62.5 Å². The number of phosphoric ester groups is 1. The summed E-state index contributed by atoms with van der Waals surface area (Å²) in [4.78, 5) is 34.9. The van der Waals surface area contributed by atoms with Gasteiger partial charge < -0.3 is 24.8 Å². The maximum atomic E-state index is 12.6. The molecule has 0 saturated carbocycles. The average Bonchev–Trinajstić information content (AvgIpc) is 3.91. The first kappa shape index (κ1) is 49.9. The van der Waals surface area contributed by atoms with Crippen LogP contribution in [0.1, 0.15) is 168 Å². The first-order valence-corrected chi connectivity index (χ1v) is 22.7. The van der Waals surface area contributed by atoms with Gasteiger partial charge in [-0.1, -0.05) is 133 Å². The fourth-order valence-corrected chi connectivity index (χ4v) is 6.60. The lowest BCUT2D eigenvalue weighted by molar-refractivity contribution is -0.161. The topological polar surface area (TPSA) is 147 Å². The summed E-state index contributed by atoms with van der Waals surface area (Å²) in [6, 6.07) is 0. The summed E-state index contributed by atoms with van der Waals surface area (Å²) in [5, 5.41) is 0. The lowest BCUT2D eigenvalue weighted by atomic mass is 10.1. The molecule has 1 rings (SSSR count). The summed E-state index contributed by atoms with van der Waals surface area (Å²) in [6.45, 7) is 3.60. The quantitative estimate of drug-likeness (QED) is 0.0204. The molecule has 0 aromatic rings. The Hall–Kier alpha value is -2.07. The highest BCUT2D eigenvalue weighted by Crippen LogP contribution is 2.43. The second-order valence-corrected chi connectivity index (χ2v) is 15.7. The first-order chi connectivity index (χ1) is 26.3. The lowest BCUT2D eigenvalue weighted by Gasteiger charge is -2.19. The van der Waals surface area contributed by atoms with Gasteiger partial charge in [0.2, 0.25) is 0 Å². The van der Waals surface area contributed by atoms with Crippen LogP contribution in [0.4, 0.5) is 0 Å². The standard InChI is InChI=1S/C43H76NO9P/c1-3-5-7-9-11-12-13-14-15-16-17-18-19-20-21-25-29-33-42(45)49-37-39(38-51-54(47,48)50-36-35-44)52-43(46)34-30-26-22-24-28-32-41-40(53-41)31-27-23-10-8-6-4-2/h14-15,17-18,20-21,23,27,39-41H,3-13,16,19,22,24-26,28-38,44H2,1-2H3,(H,47,48)/b15-14-,18-17-,21-20-,27-23-/t39-,40?,41?/m1/s1. The number of allylic oxidation sites excluding steroid dienone is 7. The molecule has 3 N–H and O–H groups in total. The van der Waals surface area contributed by atoms with E-state index in [4.69, 9.17) is 29.0 Å². The van der Waals surface area contributed by atoms with E-state index in [1.807, 2.05) is 0 Å². The van der Waals surface area contributed by atoms with Crippen molar-refractivity contribution in [1.29, 1.82) is 0 Å². The smallest absolute Gasteiger partial charge is 0.462 e. The van der Waals surface area contributed by atoms with Gasteiger partial charge in [0.25, 0.3) is 0 Å². The molecule has 54 heavy (non-hydrogen) atoms. The highest BCUT2D eigenvalue weighted by Gasteiger charge is 2.36. The summed E-state index contributed by atoms with van der Waals surface area (Å²) in [7, 11) is -4.40. The van der Waals surface area contributed by atoms with Gasteiger partial charge in [-0.2, -0.15) is 0 Å². The number of ether oxygens (including phenoxy) is 3. The normalized spacial score (nSPS) is 17.6. The van der Waals surface area contributed by atoms with E-state index in [0.717, 1.165) is 70.6 Å². The Morgan fingerprint density at radius 1 is 0.667 bits per heavy atom. The molecule has 1 saturated heterocycles. The predicted molar refractivity (Wildman–Crippen MR) is 219 cm³/mol. The van der Waals surface area contributed by atoms with E-state index in [1.165, 1.54) is 57.8 Å². The molecule has 10 nitrogen and oxygen atoms in total. The number of unbranched alkanes of at least 4 members (excludes halogenated alkanes) is 14. The Morgan fingerprint density at radius 2 is 1.22 bits per heavy atom. The van der Waals surface area contributed by atoms with Crippen LogP contribution < -0.4 is 5.73 Å². The second kappa shape index (κ2) is 35.4. The van der Waals surface area contributed by atoms with Crippen LogP contribution in [0.3, 0.4) is 0 Å². The highest BCUT2D eigenvalue weighted by molar-refractivity contribution is 7.47. The number of carbonyl (C=O) groups is 2. The van der Waals surface area contributed by atoms with Crippen molar-refractivity contribution in [2.75, 3.05) is 26.4 Å². The molecule has 312 valence electrons. The number of nitrogens with two attached hydrogens (primary N) is 1. The van der Waals surface area contributed by atoms with E-state index in [-0.39, 0.29) is 32.6 Å². The number of esters is 2. The van der Waals surface area contributed by atoms with Gasteiger partial charge in [-0.3, -0.25) is 18.6 Å². The molecule has 0 spiro atoms. The van der Waals surface area contributed by atoms with Crippen LogP contribution in [0.5, 0.6) is 0 Å². The predicted octanol–water partition coefficient (Wildman–Crippen LogP) is 10.9. The van der Waals surface area contributed by atoms with E-state index in [0.29, 0.717) is 25.0 Å². The molecule has 11 heteroatoms. The van der Waals surface area contributed by atoms with Crippen LogP contribution in [-0.2, 0) is 37.4 Å². The van der Waals surface area contributed by atoms with E-state index in [9.17, 15) is 19.0 Å². The van der Waals surface area contributed by atoms with Crippen LogP contribution in [0, 0.1) is 0 Å². The van der Waals surface area contributed by atoms with Crippen LogP contribution >= 0.6 is 7.82 Å². The van der Waals surface area contributed by atoms with Crippen molar-refractivity contribution in [2.24, 2.45) is 5.73 Å². The van der Waals surface area contributed by atoms with E-state index in [1.54, 1.807) is 0 Å². The number of carbonyl (C=O) groups excluding carboxylic acids is 2. The largest absolute Gasteiger partial charge is 0.472 e. The minimum Gasteiger partial charge on any atom is -0.462 e. The minimum absolute atomic E-state index is 0.0402. The van der Waals surface area contributed by atoms with E-state index >= 15 is 0 Å². The Kier molecular flexibility index (Phi) is 32.7. The fraction of sp³-hybridized carbons (Fsp3) is 0.767. The van der Waals surface area contributed by atoms with Crippen molar-refractivity contribution < 1.29 is 42.3 Å². The molecule has 0 bridgehead atoms. The molecule has 1 heterocycles. The maximum Gasteiger partial charge on any atom is 0.472 e. The molecule has 1 aliphatic heterocycles. The van der Waals surface area contributed by atoms with Crippen LogP contribution in [0.2, 0.25) is 0 Å². The Labute approximate surface area is 328 Å². The maximum absolute atomic E-state index is 12.6. The van der Waals surface area contributed by atoms with Crippen molar-refractivity contribution in [1.82, 2.24) is 0 Å². The van der Waals surface area contributed by atoms with Crippen molar-refractivity contribution in [2.45, 2.75) is 186 Å². The van der Waals surface area contributed by atoms with Gasteiger partial charge in [0.05, 0.1) is 25.4 Å². The number of rotatable bonds is 38. The molecule has 0 radical (unpaired) electrons. The summed E-state index contributed by atoms with van der Waals surface area (Å²) < 4.78 is 38.5. The van der Waals surface area contributed by atoms with Crippen molar-refractivity contribution in [3.63, 3.8) is 0 Å². The third-order valence-corrected chi connectivity index (χ3v) is 10.1. The van der Waals surface area contributed by atoms with E-state index < -0.39 is 32.5 Å². The zero-order chi connectivity index (χ0) is 39.4. The number of hydrogen-bond donors (Lipinski definition) is 2. The first-order valence-electron chi connectivity index (χ1n) is 21.2. The van der Waals surface area contributed by atoms with Crippen molar-refractivity contribution >= 4 is 19.8 Å². The number of phosphoric acid groups is 1. The average molecular weight is 782 g/mol. The molecule has 0 aliphatic carbocycles. The monoisotopic (exact) mass is 782 g/mol. The molecular formula is C43H76NO9P. The zero-order valence-corrected chi connectivity index (χ0v) is 34.8. The molecule has 0 amide bonds. The molecule has 0 aromatic heterocycles. The van der Waals surface area contributed by atoms with Gasteiger partial charge in [0, 0.05) is 19.4 Å². The second-order valence-electron chi connectivity index (χ2n) is 14.2. The van der Waals surface area contributed by atoms with Crippen LogP contribution in [0.15, 0.2) is 48.6 Å². The Morgan fingerprint density at radius 3 is 1.93 bits per heavy atom. The molecular weight excluding hydrogens is 705 g/mol. The SMILES string of the molecule is CCCCC/C=C\CC1OC1CCCCCCCC(=O)O[C@H](COC(=O)CCC/C=C\C/C=C\C/C=C\CCCCCCCC)COP(=O)(O)OCCN. The Balaban J connectivity index is 2.24. The van der Waals surface area contributed by atoms with Gasteiger partial charge in [-0.15, -0.1) is 0 Å². The summed E-state index contributed by atoms with van der Waals surface area (Å²) in [5.41, 5.74) is 5.34. The molecule has 0 aromatic carbocycles. The van der Waals surface area contributed by atoms with Gasteiger partial charge in [0.15, 0.2) is 6.10 Å². The Bertz CT molecular complexity index is 1090. The van der Waals surface area contributed by atoms with Gasteiger partial charge in [0.1, 0.15) is 6.61 Å². The van der Waals surface area contributed by atoms with Crippen molar-refractivity contribution in [3.05, 3.63) is 48.6 Å². The molecule has 4 atom stereocenters. The van der Waals surface area contributed by atoms with Crippen LogP contribution in [0.25, 0.3) is 0 Å².